The van der Waals surface area contributed by atoms with Crippen LogP contribution in [0.25, 0.3) is 11.0 Å². The average Bonchev–Trinajstić information content (AvgIpc) is 3.06. The molecule has 19 heavy (non-hydrogen) atoms. The van der Waals surface area contributed by atoms with Crippen molar-refractivity contribution in [3.05, 3.63) is 30.1 Å². The largest absolute Gasteiger partial charge is 0.346 e. The summed E-state index contributed by atoms with van der Waals surface area (Å²) >= 11 is 0. The van der Waals surface area contributed by atoms with Crippen LogP contribution >= 0.6 is 0 Å². The summed E-state index contributed by atoms with van der Waals surface area (Å²) < 4.78 is 0. The van der Waals surface area contributed by atoms with Crippen molar-refractivity contribution in [1.82, 2.24) is 25.9 Å². The van der Waals surface area contributed by atoms with E-state index in [0.717, 1.165) is 36.1 Å². The Morgan fingerprint density at radius 2 is 2.42 bits per heavy atom. The van der Waals surface area contributed by atoms with E-state index in [9.17, 15) is 4.79 Å². The topological polar surface area (TPSA) is 81.8 Å². The Morgan fingerprint density at radius 1 is 1.47 bits per heavy atom. The second kappa shape index (κ2) is 5.27. The van der Waals surface area contributed by atoms with Crippen LogP contribution < -0.4 is 16.0 Å². The molecule has 2 aromatic heterocycles. The number of carbonyl (C=O) groups excluding carboxylic acids is 1. The summed E-state index contributed by atoms with van der Waals surface area (Å²) in [6.07, 6.45) is 4.59. The van der Waals surface area contributed by atoms with Crippen molar-refractivity contribution in [3.63, 3.8) is 0 Å². The lowest BCUT2D eigenvalue weighted by Crippen LogP contribution is -2.42. The van der Waals surface area contributed by atoms with Crippen LogP contribution in [0.15, 0.2) is 24.5 Å². The molecule has 1 saturated heterocycles. The van der Waals surface area contributed by atoms with Crippen molar-refractivity contribution in [3.8, 4) is 0 Å². The molecule has 0 radical (unpaired) electrons. The van der Waals surface area contributed by atoms with Gasteiger partial charge in [0, 0.05) is 36.9 Å². The predicted molar refractivity (Wildman–Crippen MR) is 72.7 cm³/mol. The maximum atomic E-state index is 11.8. The van der Waals surface area contributed by atoms with E-state index in [4.69, 9.17) is 0 Å². The van der Waals surface area contributed by atoms with E-state index in [1.54, 1.807) is 6.20 Å². The van der Waals surface area contributed by atoms with Crippen LogP contribution in [-0.2, 0) is 6.54 Å². The lowest BCUT2D eigenvalue weighted by Gasteiger charge is -2.12. The third kappa shape index (κ3) is 2.68. The highest BCUT2D eigenvalue weighted by Crippen LogP contribution is 2.14. The molecule has 100 valence electrons. The standard InChI is InChI=1S/C13H17N5O/c19-13(18-10-2-4-14-8-10)17-7-9-1-5-15-12-11(9)3-6-16-12/h1,3,5-6,10,14H,2,4,7-8H2,(H,15,16)(H2,17,18,19). The number of hydrogen-bond donors (Lipinski definition) is 4. The SMILES string of the molecule is O=C(NCc1ccnc2[nH]ccc12)NC1CCNC1. The number of amides is 2. The fraction of sp³-hybridized carbons (Fsp3) is 0.385. The van der Waals surface area contributed by atoms with Gasteiger partial charge in [-0.25, -0.2) is 9.78 Å². The molecule has 0 saturated carbocycles. The number of aromatic nitrogens is 2. The van der Waals surface area contributed by atoms with Gasteiger partial charge in [0.1, 0.15) is 5.65 Å². The van der Waals surface area contributed by atoms with Crippen LogP contribution in [0.5, 0.6) is 0 Å². The lowest BCUT2D eigenvalue weighted by molar-refractivity contribution is 0.237. The van der Waals surface area contributed by atoms with Crippen LogP contribution in [0.2, 0.25) is 0 Å². The van der Waals surface area contributed by atoms with Crippen LogP contribution in [0.4, 0.5) is 4.79 Å². The first-order valence-corrected chi connectivity index (χ1v) is 6.49. The average molecular weight is 259 g/mol. The fourth-order valence-corrected chi connectivity index (χ4v) is 2.36. The first-order valence-electron chi connectivity index (χ1n) is 6.49. The number of nitrogens with zero attached hydrogens (tertiary/aromatic N) is 1. The molecule has 2 aromatic rings. The predicted octanol–water partition coefficient (Wildman–Crippen LogP) is 0.724. The van der Waals surface area contributed by atoms with Crippen molar-refractivity contribution in [2.75, 3.05) is 13.1 Å². The second-order valence-corrected chi connectivity index (χ2v) is 4.73. The number of nitrogens with one attached hydrogen (secondary N) is 4. The van der Waals surface area contributed by atoms with Crippen molar-refractivity contribution in [2.45, 2.75) is 19.0 Å². The summed E-state index contributed by atoms with van der Waals surface area (Å²) in [5, 5.41) is 10.1. The highest BCUT2D eigenvalue weighted by molar-refractivity contribution is 5.80. The molecule has 0 spiro atoms. The van der Waals surface area contributed by atoms with E-state index < -0.39 is 0 Å². The van der Waals surface area contributed by atoms with E-state index >= 15 is 0 Å². The first kappa shape index (κ1) is 12.0. The van der Waals surface area contributed by atoms with Gasteiger partial charge in [-0.3, -0.25) is 0 Å². The number of pyridine rings is 1. The number of rotatable bonds is 3. The van der Waals surface area contributed by atoms with Crippen molar-refractivity contribution in [2.24, 2.45) is 0 Å². The Kier molecular flexibility index (Phi) is 3.33. The third-order valence-electron chi connectivity index (χ3n) is 3.39. The van der Waals surface area contributed by atoms with Crippen LogP contribution in [0.3, 0.4) is 0 Å². The van der Waals surface area contributed by atoms with E-state index in [-0.39, 0.29) is 12.1 Å². The monoisotopic (exact) mass is 259 g/mol. The Morgan fingerprint density at radius 3 is 3.26 bits per heavy atom. The molecule has 2 amide bonds. The Balaban J connectivity index is 1.59. The molecule has 0 bridgehead atoms. The van der Waals surface area contributed by atoms with Gasteiger partial charge in [0.25, 0.3) is 0 Å². The number of hydrogen-bond acceptors (Lipinski definition) is 3. The Labute approximate surface area is 111 Å². The minimum atomic E-state index is -0.116. The number of H-pyrrole nitrogens is 1. The molecular weight excluding hydrogens is 242 g/mol. The van der Waals surface area contributed by atoms with Gasteiger partial charge in [-0.1, -0.05) is 0 Å². The normalized spacial score (nSPS) is 18.6. The number of urea groups is 1. The second-order valence-electron chi connectivity index (χ2n) is 4.73. The van der Waals surface area contributed by atoms with Crippen molar-refractivity contribution < 1.29 is 4.79 Å². The highest BCUT2D eigenvalue weighted by atomic mass is 16.2. The molecule has 3 rings (SSSR count). The quantitative estimate of drug-likeness (QED) is 0.655. The maximum Gasteiger partial charge on any atom is 0.315 e. The van der Waals surface area contributed by atoms with Crippen molar-refractivity contribution >= 4 is 17.1 Å². The number of carbonyl (C=O) groups is 1. The molecule has 0 aliphatic carbocycles. The van der Waals surface area contributed by atoms with Crippen LogP contribution in [0, 0.1) is 0 Å². The summed E-state index contributed by atoms with van der Waals surface area (Å²) in [6.45, 7) is 2.33. The van der Waals surface area contributed by atoms with Crippen LogP contribution in [-0.4, -0.2) is 35.1 Å². The minimum absolute atomic E-state index is 0.116. The fourth-order valence-electron chi connectivity index (χ4n) is 2.36. The summed E-state index contributed by atoms with van der Waals surface area (Å²) in [4.78, 5) is 19.1. The Hall–Kier alpha value is -2.08. The van der Waals surface area contributed by atoms with Gasteiger partial charge in [-0.15, -0.1) is 0 Å². The van der Waals surface area contributed by atoms with Gasteiger partial charge in [-0.2, -0.15) is 0 Å². The Bertz CT molecular complexity index is 573. The number of aromatic amines is 1. The first-order chi connectivity index (χ1) is 9.33. The van der Waals surface area contributed by atoms with E-state index in [2.05, 4.69) is 25.9 Å². The summed E-state index contributed by atoms with van der Waals surface area (Å²) in [5.41, 5.74) is 1.91. The summed E-state index contributed by atoms with van der Waals surface area (Å²) in [7, 11) is 0. The van der Waals surface area contributed by atoms with E-state index in [1.165, 1.54) is 0 Å². The molecule has 6 nitrogen and oxygen atoms in total. The molecule has 1 unspecified atom stereocenters. The van der Waals surface area contributed by atoms with E-state index in [0.29, 0.717) is 6.54 Å². The molecule has 4 N–H and O–H groups in total. The van der Waals surface area contributed by atoms with Gasteiger partial charge in [0.15, 0.2) is 0 Å². The smallest absolute Gasteiger partial charge is 0.315 e. The van der Waals surface area contributed by atoms with Gasteiger partial charge in [0.2, 0.25) is 0 Å². The van der Waals surface area contributed by atoms with Gasteiger partial charge >= 0.3 is 6.03 Å². The van der Waals surface area contributed by atoms with Gasteiger partial charge in [-0.05, 0) is 30.7 Å². The summed E-state index contributed by atoms with van der Waals surface area (Å²) in [5.74, 6) is 0. The molecule has 1 fully saturated rings. The van der Waals surface area contributed by atoms with Crippen LogP contribution in [0.1, 0.15) is 12.0 Å². The molecular formula is C13H17N5O. The lowest BCUT2D eigenvalue weighted by atomic mass is 10.2. The highest BCUT2D eigenvalue weighted by Gasteiger charge is 2.16. The van der Waals surface area contributed by atoms with Gasteiger partial charge < -0.3 is 20.9 Å². The zero-order chi connectivity index (χ0) is 13.1. The molecule has 1 atom stereocenters. The third-order valence-corrected chi connectivity index (χ3v) is 3.39. The molecule has 6 heteroatoms. The molecule has 0 aromatic carbocycles. The molecule has 1 aliphatic heterocycles. The zero-order valence-electron chi connectivity index (χ0n) is 10.6. The minimum Gasteiger partial charge on any atom is -0.346 e. The summed E-state index contributed by atoms with van der Waals surface area (Å²) in [6, 6.07) is 4.02. The number of fused-ring (bicyclic) bond motifs is 1. The van der Waals surface area contributed by atoms with Crippen molar-refractivity contribution in [1.29, 1.82) is 0 Å². The van der Waals surface area contributed by atoms with Gasteiger partial charge in [0.05, 0.1) is 0 Å². The molecule has 1 aliphatic rings. The zero-order valence-corrected chi connectivity index (χ0v) is 10.6. The molecule has 3 heterocycles. The van der Waals surface area contributed by atoms with E-state index in [1.807, 2.05) is 18.3 Å². The maximum absolute atomic E-state index is 11.8.